The van der Waals surface area contributed by atoms with Crippen molar-refractivity contribution in [3.8, 4) is 5.88 Å². The van der Waals surface area contributed by atoms with Crippen LogP contribution in [0.5, 0.6) is 5.88 Å². The highest BCUT2D eigenvalue weighted by atomic mass is 35.5. The summed E-state index contributed by atoms with van der Waals surface area (Å²) in [5, 5.41) is 6.52. The van der Waals surface area contributed by atoms with Gasteiger partial charge < -0.3 is 10.1 Å². The van der Waals surface area contributed by atoms with Gasteiger partial charge in [0, 0.05) is 6.20 Å². The maximum atomic E-state index is 13.8. The Morgan fingerprint density at radius 3 is 2.92 bits per heavy atom. The van der Waals surface area contributed by atoms with Gasteiger partial charge in [-0.25, -0.2) is 14.2 Å². The van der Waals surface area contributed by atoms with E-state index in [1.807, 2.05) is 6.07 Å². The van der Waals surface area contributed by atoms with Gasteiger partial charge in [0.2, 0.25) is 0 Å². The van der Waals surface area contributed by atoms with E-state index in [1.54, 1.807) is 25.4 Å². The molecule has 0 aliphatic rings. The molecule has 3 aromatic rings. The molecule has 0 fully saturated rings. The lowest BCUT2D eigenvalue weighted by molar-refractivity contribution is 0.213. The molecule has 1 amide bonds. The fourth-order valence-corrected chi connectivity index (χ4v) is 2.89. The second-order valence-corrected chi connectivity index (χ2v) is 6.46. The van der Waals surface area contributed by atoms with E-state index < -0.39 is 11.9 Å². The highest BCUT2D eigenvalue weighted by molar-refractivity contribution is 7.16. The third-order valence-electron chi connectivity index (χ3n) is 3.00. The Kier molecular flexibility index (Phi) is 5.11. The lowest BCUT2D eigenvalue weighted by Gasteiger charge is -2.08. The molecule has 0 aliphatic heterocycles. The first kappa shape index (κ1) is 17.1. The van der Waals surface area contributed by atoms with E-state index in [9.17, 15) is 9.18 Å². The number of aromatic nitrogens is 2. The summed E-state index contributed by atoms with van der Waals surface area (Å²) >= 11 is 7.00. The average molecular weight is 379 g/mol. The highest BCUT2D eigenvalue weighted by Crippen LogP contribution is 2.33. The number of nitrogens with one attached hydrogen (secondary N) is 2. The van der Waals surface area contributed by atoms with Crippen molar-refractivity contribution in [2.24, 2.45) is 0 Å². The molecule has 2 aromatic heterocycles. The SMILES string of the molecule is Cc1nc(OC(=O)Nc2cccc(Cl)c2F)c(Nc2cccnc2)s1. The zero-order chi connectivity index (χ0) is 17.8. The molecule has 3 rings (SSSR count). The molecule has 0 saturated carbocycles. The lowest BCUT2D eigenvalue weighted by atomic mass is 10.3. The number of anilines is 3. The summed E-state index contributed by atoms with van der Waals surface area (Å²) in [6.07, 6.45) is 2.40. The molecule has 0 radical (unpaired) electrons. The van der Waals surface area contributed by atoms with Crippen molar-refractivity contribution in [1.29, 1.82) is 0 Å². The zero-order valence-electron chi connectivity index (χ0n) is 12.9. The number of aryl methyl sites for hydroxylation is 1. The lowest BCUT2D eigenvalue weighted by Crippen LogP contribution is -2.18. The molecule has 0 aliphatic carbocycles. The van der Waals surface area contributed by atoms with Gasteiger partial charge in [0.25, 0.3) is 5.88 Å². The summed E-state index contributed by atoms with van der Waals surface area (Å²) in [5.41, 5.74) is 0.642. The Morgan fingerprint density at radius 2 is 2.16 bits per heavy atom. The molecule has 25 heavy (non-hydrogen) atoms. The van der Waals surface area contributed by atoms with Crippen molar-refractivity contribution in [3.63, 3.8) is 0 Å². The van der Waals surface area contributed by atoms with Gasteiger partial charge in [-0.1, -0.05) is 29.0 Å². The minimum atomic E-state index is -0.874. The van der Waals surface area contributed by atoms with Gasteiger partial charge in [-0.2, -0.15) is 0 Å². The standard InChI is InChI=1S/C16H12ClFN4O2S/c1-9-20-14(15(25-9)21-10-4-3-7-19-8-10)24-16(23)22-12-6-2-5-11(17)13(12)18/h2-8,21H,1H3,(H,22,23). The number of rotatable bonds is 4. The minimum Gasteiger partial charge on any atom is -0.388 e. The molecule has 128 valence electrons. The first-order chi connectivity index (χ1) is 12.0. The van der Waals surface area contributed by atoms with Crippen LogP contribution >= 0.6 is 22.9 Å². The fourth-order valence-electron chi connectivity index (χ4n) is 1.95. The van der Waals surface area contributed by atoms with Crippen LogP contribution in [0, 0.1) is 12.7 Å². The number of benzene rings is 1. The van der Waals surface area contributed by atoms with E-state index in [0.717, 1.165) is 5.69 Å². The molecule has 2 heterocycles. The smallest absolute Gasteiger partial charge is 0.388 e. The molecule has 1 aromatic carbocycles. The van der Waals surface area contributed by atoms with Crippen LogP contribution < -0.4 is 15.4 Å². The van der Waals surface area contributed by atoms with Crippen molar-refractivity contribution in [3.05, 3.63) is 58.6 Å². The molecule has 9 heteroatoms. The highest BCUT2D eigenvalue weighted by Gasteiger charge is 2.17. The van der Waals surface area contributed by atoms with Crippen LogP contribution in [0.4, 0.5) is 25.6 Å². The fraction of sp³-hybridized carbons (Fsp3) is 0.0625. The molecule has 2 N–H and O–H groups in total. The molecular formula is C16H12ClFN4O2S. The number of nitrogens with zero attached hydrogens (tertiary/aromatic N) is 2. The van der Waals surface area contributed by atoms with Gasteiger partial charge >= 0.3 is 6.09 Å². The Bertz CT molecular complexity index is 904. The molecule has 0 bridgehead atoms. The monoisotopic (exact) mass is 378 g/mol. The summed E-state index contributed by atoms with van der Waals surface area (Å²) in [4.78, 5) is 20.2. The molecular weight excluding hydrogens is 367 g/mol. The van der Waals surface area contributed by atoms with E-state index in [-0.39, 0.29) is 16.6 Å². The summed E-state index contributed by atoms with van der Waals surface area (Å²) in [7, 11) is 0. The van der Waals surface area contributed by atoms with E-state index in [1.165, 1.54) is 29.5 Å². The summed E-state index contributed by atoms with van der Waals surface area (Å²) in [6.45, 7) is 1.78. The van der Waals surface area contributed by atoms with Crippen molar-refractivity contribution >= 4 is 45.4 Å². The van der Waals surface area contributed by atoms with Gasteiger partial charge in [-0.05, 0) is 31.2 Å². The van der Waals surface area contributed by atoms with Crippen molar-refractivity contribution < 1.29 is 13.9 Å². The van der Waals surface area contributed by atoms with Gasteiger partial charge in [0.05, 0.1) is 27.6 Å². The predicted octanol–water partition coefficient (Wildman–Crippen LogP) is 4.99. The van der Waals surface area contributed by atoms with Crippen molar-refractivity contribution in [2.45, 2.75) is 6.92 Å². The Labute approximate surface area is 151 Å². The predicted molar refractivity (Wildman–Crippen MR) is 95.4 cm³/mol. The first-order valence-corrected chi connectivity index (χ1v) is 8.29. The van der Waals surface area contributed by atoms with Crippen LogP contribution in [0.25, 0.3) is 0 Å². The molecule has 0 atom stereocenters. The van der Waals surface area contributed by atoms with Crippen LogP contribution in [-0.2, 0) is 0 Å². The van der Waals surface area contributed by atoms with E-state index in [0.29, 0.717) is 10.0 Å². The maximum Gasteiger partial charge on any atom is 0.418 e. The third kappa shape index (κ3) is 4.23. The number of carbonyl (C=O) groups excluding carboxylic acids is 1. The van der Waals surface area contributed by atoms with E-state index >= 15 is 0 Å². The number of amides is 1. The number of pyridine rings is 1. The average Bonchev–Trinajstić information content (AvgIpc) is 2.92. The first-order valence-electron chi connectivity index (χ1n) is 7.10. The number of ether oxygens (including phenoxy) is 1. The largest absolute Gasteiger partial charge is 0.418 e. The Hall–Kier alpha value is -2.71. The van der Waals surface area contributed by atoms with Gasteiger partial charge in [-0.15, -0.1) is 0 Å². The maximum absolute atomic E-state index is 13.8. The van der Waals surface area contributed by atoms with Crippen LogP contribution in [0.15, 0.2) is 42.7 Å². The summed E-state index contributed by atoms with van der Waals surface area (Å²) in [5.74, 6) is -0.643. The number of thiazole rings is 1. The number of hydrogen-bond acceptors (Lipinski definition) is 6. The van der Waals surface area contributed by atoms with Gasteiger partial charge in [0.15, 0.2) is 10.8 Å². The van der Waals surface area contributed by atoms with Crippen molar-refractivity contribution in [1.82, 2.24) is 9.97 Å². The topological polar surface area (TPSA) is 76.1 Å². The van der Waals surface area contributed by atoms with Crippen LogP contribution in [0.2, 0.25) is 5.02 Å². The third-order valence-corrected chi connectivity index (χ3v) is 4.16. The Balaban J connectivity index is 1.74. The van der Waals surface area contributed by atoms with Gasteiger partial charge in [0.1, 0.15) is 0 Å². The molecule has 0 saturated heterocycles. The summed E-state index contributed by atoms with van der Waals surface area (Å²) < 4.78 is 19.0. The molecule has 0 spiro atoms. The minimum absolute atomic E-state index is 0.0776. The number of hydrogen-bond donors (Lipinski definition) is 2. The van der Waals surface area contributed by atoms with Crippen LogP contribution in [0.3, 0.4) is 0 Å². The van der Waals surface area contributed by atoms with Crippen LogP contribution in [-0.4, -0.2) is 16.1 Å². The quantitative estimate of drug-likeness (QED) is 0.668. The second-order valence-electron chi connectivity index (χ2n) is 4.85. The zero-order valence-corrected chi connectivity index (χ0v) is 14.5. The van der Waals surface area contributed by atoms with E-state index in [2.05, 4.69) is 20.6 Å². The molecule has 6 nitrogen and oxygen atoms in total. The normalized spacial score (nSPS) is 10.4. The summed E-state index contributed by atoms with van der Waals surface area (Å²) in [6, 6.07) is 7.86. The van der Waals surface area contributed by atoms with Crippen molar-refractivity contribution in [2.75, 3.05) is 10.6 Å². The molecule has 0 unspecified atom stereocenters. The number of carbonyl (C=O) groups is 1. The second kappa shape index (κ2) is 7.45. The van der Waals surface area contributed by atoms with E-state index in [4.69, 9.17) is 16.3 Å². The van der Waals surface area contributed by atoms with Gasteiger partial charge in [-0.3, -0.25) is 10.3 Å². The van der Waals surface area contributed by atoms with Crippen LogP contribution in [0.1, 0.15) is 5.01 Å². The number of halogens is 2. The Morgan fingerprint density at radius 1 is 1.32 bits per heavy atom.